The smallest absolute Gasteiger partial charge is 0.410 e. The summed E-state index contributed by atoms with van der Waals surface area (Å²) in [6.07, 6.45) is 2.22. The predicted molar refractivity (Wildman–Crippen MR) is 95.0 cm³/mol. The number of nitrogens with zero attached hydrogens (tertiary/aromatic N) is 2. The van der Waals surface area contributed by atoms with Crippen LogP contribution in [0.3, 0.4) is 0 Å². The third-order valence-electron chi connectivity index (χ3n) is 3.53. The van der Waals surface area contributed by atoms with Crippen molar-refractivity contribution in [1.29, 1.82) is 0 Å². The molecule has 0 aromatic carbocycles. The molecule has 24 heavy (non-hydrogen) atoms. The van der Waals surface area contributed by atoms with E-state index in [9.17, 15) is 14.4 Å². The lowest BCUT2D eigenvalue weighted by molar-refractivity contribution is -0.137. The number of rotatable bonds is 5. The Bertz CT molecular complexity index is 457. The van der Waals surface area contributed by atoms with Crippen molar-refractivity contribution in [3.05, 3.63) is 0 Å². The quantitative estimate of drug-likeness (QED) is 0.801. The molecule has 1 heterocycles. The van der Waals surface area contributed by atoms with Crippen LogP contribution in [0.5, 0.6) is 0 Å². The summed E-state index contributed by atoms with van der Waals surface area (Å²) in [6, 6.07) is -0.497. The Labute approximate surface area is 148 Å². The maximum atomic E-state index is 12.6. The molecule has 0 spiro atoms. The van der Waals surface area contributed by atoms with Crippen LogP contribution in [0.25, 0.3) is 0 Å². The van der Waals surface area contributed by atoms with Crippen LogP contribution in [0.4, 0.5) is 4.79 Å². The number of piperazine rings is 1. The normalized spacial score (nSPS) is 16.5. The van der Waals surface area contributed by atoms with Gasteiger partial charge in [0.25, 0.3) is 0 Å². The van der Waals surface area contributed by atoms with E-state index in [1.54, 1.807) is 21.6 Å². The Morgan fingerprint density at radius 2 is 1.67 bits per heavy atom. The topological polar surface area (TPSA) is 79.0 Å². The van der Waals surface area contributed by atoms with Crippen molar-refractivity contribution in [3.8, 4) is 0 Å². The summed E-state index contributed by atoms with van der Waals surface area (Å²) in [4.78, 5) is 39.3. The van der Waals surface area contributed by atoms with E-state index in [1.807, 2.05) is 27.0 Å². The molecule has 138 valence electrons. The number of carbonyl (C=O) groups excluding carboxylic acids is 3. The average Bonchev–Trinajstić information content (AvgIpc) is 2.49. The zero-order valence-corrected chi connectivity index (χ0v) is 16.1. The number of ether oxygens (including phenoxy) is 1. The number of carbonyl (C=O) groups is 3. The van der Waals surface area contributed by atoms with Gasteiger partial charge in [-0.3, -0.25) is 9.59 Å². The van der Waals surface area contributed by atoms with Crippen LogP contribution in [0.15, 0.2) is 0 Å². The van der Waals surface area contributed by atoms with Crippen molar-refractivity contribution in [1.82, 2.24) is 15.1 Å². The molecular formula is C16H29N3O4S. The fourth-order valence-electron chi connectivity index (χ4n) is 2.39. The fourth-order valence-corrected chi connectivity index (χ4v) is 2.87. The minimum Gasteiger partial charge on any atom is -0.444 e. The number of amides is 3. The zero-order valence-electron chi connectivity index (χ0n) is 15.3. The molecule has 0 saturated carbocycles. The highest BCUT2D eigenvalue weighted by Crippen LogP contribution is 2.13. The van der Waals surface area contributed by atoms with Gasteiger partial charge in [0.15, 0.2) is 0 Å². The van der Waals surface area contributed by atoms with Crippen molar-refractivity contribution >= 4 is 29.7 Å². The summed E-state index contributed by atoms with van der Waals surface area (Å²) < 4.78 is 5.35. The summed E-state index contributed by atoms with van der Waals surface area (Å²) in [5, 5.41) is 2.73. The Balaban J connectivity index is 2.56. The molecule has 1 N–H and O–H groups in total. The van der Waals surface area contributed by atoms with Crippen LogP contribution in [0, 0.1) is 0 Å². The number of thioether (sulfide) groups is 1. The first-order valence-corrected chi connectivity index (χ1v) is 9.56. The van der Waals surface area contributed by atoms with Crippen LogP contribution < -0.4 is 5.32 Å². The molecule has 7 nitrogen and oxygen atoms in total. The maximum absolute atomic E-state index is 12.6. The molecule has 1 rings (SSSR count). The van der Waals surface area contributed by atoms with Gasteiger partial charge in [0, 0.05) is 33.1 Å². The van der Waals surface area contributed by atoms with Crippen LogP contribution in [-0.2, 0) is 14.3 Å². The van der Waals surface area contributed by atoms with E-state index in [1.165, 1.54) is 6.92 Å². The van der Waals surface area contributed by atoms with Crippen molar-refractivity contribution in [2.45, 2.75) is 45.8 Å². The van der Waals surface area contributed by atoms with Crippen LogP contribution in [0.2, 0.25) is 0 Å². The molecule has 1 saturated heterocycles. The molecule has 1 aliphatic rings. The molecule has 0 bridgehead atoms. The van der Waals surface area contributed by atoms with Gasteiger partial charge in [0.1, 0.15) is 11.6 Å². The summed E-state index contributed by atoms with van der Waals surface area (Å²) in [5.41, 5.74) is -0.529. The van der Waals surface area contributed by atoms with Crippen LogP contribution in [0.1, 0.15) is 34.1 Å². The summed E-state index contributed by atoms with van der Waals surface area (Å²) in [5.74, 6) is 0.513. The highest BCUT2D eigenvalue weighted by atomic mass is 32.2. The van der Waals surface area contributed by atoms with Gasteiger partial charge in [-0.2, -0.15) is 11.8 Å². The lowest BCUT2D eigenvalue weighted by atomic mass is 10.1. The van der Waals surface area contributed by atoms with E-state index in [2.05, 4.69) is 5.32 Å². The minimum atomic E-state index is -0.529. The molecule has 0 aromatic heterocycles. The maximum Gasteiger partial charge on any atom is 0.410 e. The van der Waals surface area contributed by atoms with Crippen molar-refractivity contribution < 1.29 is 19.1 Å². The molecule has 8 heteroatoms. The van der Waals surface area contributed by atoms with E-state index in [0.717, 1.165) is 5.75 Å². The van der Waals surface area contributed by atoms with E-state index < -0.39 is 11.6 Å². The van der Waals surface area contributed by atoms with Gasteiger partial charge in [-0.15, -0.1) is 0 Å². The van der Waals surface area contributed by atoms with E-state index in [0.29, 0.717) is 32.6 Å². The van der Waals surface area contributed by atoms with Gasteiger partial charge in [-0.1, -0.05) is 0 Å². The highest BCUT2D eigenvalue weighted by molar-refractivity contribution is 7.98. The van der Waals surface area contributed by atoms with E-state index >= 15 is 0 Å². The first kappa shape index (κ1) is 20.6. The first-order valence-electron chi connectivity index (χ1n) is 8.17. The number of hydrogen-bond donors (Lipinski definition) is 1. The Hall–Kier alpha value is -1.44. The van der Waals surface area contributed by atoms with Gasteiger partial charge < -0.3 is 19.9 Å². The minimum absolute atomic E-state index is 0.0805. The first-order chi connectivity index (χ1) is 11.1. The average molecular weight is 359 g/mol. The molecule has 1 aliphatic heterocycles. The second kappa shape index (κ2) is 9.15. The fraction of sp³-hybridized carbons (Fsp3) is 0.812. The SMILES string of the molecule is CSCCC(NC(C)=O)C(=O)N1CCN(C(=O)OC(C)(C)C)CC1. The highest BCUT2D eigenvalue weighted by Gasteiger charge is 2.30. The van der Waals surface area contributed by atoms with Crippen molar-refractivity contribution in [2.24, 2.45) is 0 Å². The summed E-state index contributed by atoms with van der Waals surface area (Å²) >= 11 is 1.64. The lowest BCUT2D eigenvalue weighted by Gasteiger charge is -2.37. The van der Waals surface area contributed by atoms with E-state index in [4.69, 9.17) is 4.74 Å². The van der Waals surface area contributed by atoms with Gasteiger partial charge >= 0.3 is 6.09 Å². The molecule has 0 aromatic rings. The summed E-state index contributed by atoms with van der Waals surface area (Å²) in [6.45, 7) is 8.68. The molecule has 3 amide bonds. The molecule has 0 radical (unpaired) electrons. The molecule has 1 fully saturated rings. The summed E-state index contributed by atoms with van der Waals surface area (Å²) in [7, 11) is 0. The monoisotopic (exact) mass is 359 g/mol. The van der Waals surface area contributed by atoms with E-state index in [-0.39, 0.29) is 17.9 Å². The molecule has 1 atom stereocenters. The van der Waals surface area contributed by atoms with Crippen molar-refractivity contribution in [3.63, 3.8) is 0 Å². The zero-order chi connectivity index (χ0) is 18.3. The van der Waals surface area contributed by atoms with Gasteiger partial charge in [-0.25, -0.2) is 4.79 Å². The van der Waals surface area contributed by atoms with Crippen LogP contribution >= 0.6 is 11.8 Å². The Morgan fingerprint density at radius 1 is 1.12 bits per heavy atom. The van der Waals surface area contributed by atoms with Crippen LogP contribution in [-0.4, -0.2) is 77.5 Å². The molecular weight excluding hydrogens is 330 g/mol. The second-order valence-electron chi connectivity index (χ2n) is 6.83. The predicted octanol–water partition coefficient (Wildman–Crippen LogP) is 1.32. The number of hydrogen-bond acceptors (Lipinski definition) is 5. The standard InChI is InChI=1S/C16H29N3O4S/c1-12(20)17-13(6-11-24-5)14(21)18-7-9-19(10-8-18)15(22)23-16(2,3)4/h13H,6-11H2,1-5H3,(H,17,20). The third kappa shape index (κ3) is 6.98. The van der Waals surface area contributed by atoms with Crippen molar-refractivity contribution in [2.75, 3.05) is 38.2 Å². The largest absolute Gasteiger partial charge is 0.444 e. The third-order valence-corrected chi connectivity index (χ3v) is 4.17. The van der Waals surface area contributed by atoms with Gasteiger partial charge in [0.05, 0.1) is 0 Å². The Morgan fingerprint density at radius 3 is 2.12 bits per heavy atom. The Kier molecular flexibility index (Phi) is 7.86. The molecule has 1 unspecified atom stereocenters. The number of nitrogens with one attached hydrogen (secondary N) is 1. The molecule has 0 aliphatic carbocycles. The van der Waals surface area contributed by atoms with Gasteiger partial charge in [-0.05, 0) is 39.2 Å². The lowest BCUT2D eigenvalue weighted by Crippen LogP contribution is -2.56. The van der Waals surface area contributed by atoms with Gasteiger partial charge in [0.2, 0.25) is 11.8 Å². The second-order valence-corrected chi connectivity index (χ2v) is 7.81.